The molecule has 1 spiro atoms. The molecule has 1 saturated heterocycles. The molecule has 0 N–H and O–H groups in total. The number of fused-ring (bicyclic) bond motifs is 6. The van der Waals surface area contributed by atoms with Gasteiger partial charge in [0.1, 0.15) is 11.7 Å². The van der Waals surface area contributed by atoms with Gasteiger partial charge in [0.25, 0.3) is 5.91 Å². The van der Waals surface area contributed by atoms with E-state index >= 15 is 0 Å². The monoisotopic (exact) mass is 383 g/mol. The van der Waals surface area contributed by atoms with Gasteiger partial charge in [-0.1, -0.05) is 66.7 Å². The van der Waals surface area contributed by atoms with Gasteiger partial charge in [0.05, 0.1) is 5.69 Å². The van der Waals surface area contributed by atoms with E-state index in [0.717, 1.165) is 11.1 Å². The topological polar surface area (TPSA) is 55.8 Å². The van der Waals surface area contributed by atoms with E-state index in [1.165, 1.54) is 11.8 Å². The predicted octanol–water partition coefficient (Wildman–Crippen LogP) is 3.83. The van der Waals surface area contributed by atoms with Gasteiger partial charge in [-0.3, -0.25) is 9.59 Å². The van der Waals surface area contributed by atoms with E-state index in [1.807, 2.05) is 72.8 Å². The van der Waals surface area contributed by atoms with Gasteiger partial charge in [0.2, 0.25) is 11.7 Å². The van der Waals surface area contributed by atoms with Crippen molar-refractivity contribution in [1.82, 2.24) is 0 Å². The first kappa shape index (κ1) is 16.5. The van der Waals surface area contributed by atoms with Crippen LogP contribution in [0.2, 0.25) is 0 Å². The summed E-state index contributed by atoms with van der Waals surface area (Å²) in [6.07, 6.45) is 0. The van der Waals surface area contributed by atoms with E-state index in [1.54, 1.807) is 6.07 Å². The average molecular weight is 383 g/mol. The van der Waals surface area contributed by atoms with Crippen molar-refractivity contribution in [3.05, 3.63) is 95.6 Å². The zero-order valence-electron chi connectivity index (χ0n) is 15.7. The number of carbonyl (C=O) groups is 2. The van der Waals surface area contributed by atoms with E-state index in [2.05, 4.69) is 0 Å². The molecular formula is C24H17NO4. The zero-order valence-corrected chi connectivity index (χ0v) is 15.7. The maximum atomic E-state index is 13.7. The molecule has 3 heterocycles. The first-order chi connectivity index (χ1) is 14.1. The lowest BCUT2D eigenvalue weighted by Gasteiger charge is -2.55. The van der Waals surface area contributed by atoms with Crippen molar-refractivity contribution in [3.63, 3.8) is 0 Å². The van der Waals surface area contributed by atoms with Crippen molar-refractivity contribution in [3.8, 4) is 5.75 Å². The zero-order chi connectivity index (χ0) is 19.8. The quantitative estimate of drug-likeness (QED) is 0.641. The first-order valence-electron chi connectivity index (χ1n) is 9.58. The predicted molar refractivity (Wildman–Crippen MR) is 105 cm³/mol. The molecule has 0 bridgehead atoms. The van der Waals surface area contributed by atoms with Gasteiger partial charge in [0, 0.05) is 23.6 Å². The van der Waals surface area contributed by atoms with Crippen LogP contribution in [0.25, 0.3) is 0 Å². The minimum Gasteiger partial charge on any atom is -0.457 e. The fourth-order valence-corrected chi connectivity index (χ4v) is 5.06. The number of ether oxygens (including phenoxy) is 2. The van der Waals surface area contributed by atoms with Gasteiger partial charge in [-0.25, -0.2) is 4.90 Å². The second-order valence-corrected chi connectivity index (χ2v) is 7.62. The Morgan fingerprint density at radius 3 is 2.41 bits per heavy atom. The lowest BCUT2D eigenvalue weighted by Crippen LogP contribution is -2.66. The molecular weight excluding hydrogens is 366 g/mol. The lowest BCUT2D eigenvalue weighted by molar-refractivity contribution is -0.360. The van der Waals surface area contributed by atoms with Crippen molar-refractivity contribution in [2.24, 2.45) is 0 Å². The first-order valence-corrected chi connectivity index (χ1v) is 9.58. The van der Waals surface area contributed by atoms with Crippen LogP contribution in [0.1, 0.15) is 29.5 Å². The van der Waals surface area contributed by atoms with Gasteiger partial charge < -0.3 is 9.47 Å². The van der Waals surface area contributed by atoms with Gasteiger partial charge in [-0.15, -0.1) is 0 Å². The summed E-state index contributed by atoms with van der Waals surface area (Å²) >= 11 is 0. The minimum atomic E-state index is -1.29. The Balaban J connectivity index is 1.62. The summed E-state index contributed by atoms with van der Waals surface area (Å²) in [5, 5.41) is 0. The van der Waals surface area contributed by atoms with Crippen molar-refractivity contribution in [2.45, 2.75) is 24.2 Å². The largest absolute Gasteiger partial charge is 0.457 e. The fourth-order valence-electron chi connectivity index (χ4n) is 5.06. The van der Waals surface area contributed by atoms with Crippen LogP contribution < -0.4 is 9.64 Å². The molecule has 3 aromatic rings. The third-order valence-corrected chi connectivity index (χ3v) is 6.15. The number of hydrogen-bond acceptors (Lipinski definition) is 4. The van der Waals surface area contributed by atoms with Crippen LogP contribution in [0.5, 0.6) is 5.75 Å². The molecule has 0 aliphatic carbocycles. The highest BCUT2D eigenvalue weighted by atomic mass is 16.7. The van der Waals surface area contributed by atoms with Gasteiger partial charge in [0.15, 0.2) is 5.60 Å². The Hall–Kier alpha value is -3.44. The second kappa shape index (κ2) is 5.33. The standard InChI is InChI=1S/C24H17NO4/c1-15(26)25-19-13-7-6-12-18(19)23(22(25)27)21-17-11-5-8-14-20(17)28-24(21,29-23)16-9-3-2-4-10-16/h2-14,21H,1H3/t21-,23+,24+/m0/s1. The smallest absolute Gasteiger partial charge is 0.271 e. The fraction of sp³-hybridized carbons (Fsp3) is 0.167. The molecule has 0 aromatic heterocycles. The summed E-state index contributed by atoms with van der Waals surface area (Å²) in [6, 6.07) is 24.7. The number of anilines is 1. The highest BCUT2D eigenvalue weighted by Gasteiger charge is 2.79. The van der Waals surface area contributed by atoms with Crippen molar-refractivity contribution >= 4 is 17.5 Å². The highest BCUT2D eigenvalue weighted by Crippen LogP contribution is 2.71. The number of rotatable bonds is 1. The summed E-state index contributed by atoms with van der Waals surface area (Å²) in [4.78, 5) is 27.2. The molecule has 142 valence electrons. The molecule has 0 radical (unpaired) electrons. The minimum absolute atomic E-state index is 0.327. The number of carbonyl (C=O) groups excluding carboxylic acids is 2. The van der Waals surface area contributed by atoms with E-state index in [4.69, 9.17) is 9.47 Å². The van der Waals surface area contributed by atoms with Crippen molar-refractivity contribution < 1.29 is 19.1 Å². The van der Waals surface area contributed by atoms with Gasteiger partial charge >= 0.3 is 0 Å². The molecule has 3 aliphatic rings. The molecule has 6 rings (SSSR count). The second-order valence-electron chi connectivity index (χ2n) is 7.62. The summed E-state index contributed by atoms with van der Waals surface area (Å²) < 4.78 is 12.9. The maximum absolute atomic E-state index is 13.7. The Morgan fingerprint density at radius 2 is 1.62 bits per heavy atom. The molecule has 3 aliphatic heterocycles. The number of nitrogens with zero attached hydrogens (tertiary/aromatic N) is 1. The molecule has 3 aromatic carbocycles. The van der Waals surface area contributed by atoms with Gasteiger partial charge in [-0.05, 0) is 12.1 Å². The number of benzene rings is 3. The summed E-state index contributed by atoms with van der Waals surface area (Å²) in [7, 11) is 0. The summed E-state index contributed by atoms with van der Waals surface area (Å²) in [6.45, 7) is 1.40. The third kappa shape index (κ3) is 1.79. The normalized spacial score (nSPS) is 28.4. The lowest BCUT2D eigenvalue weighted by atomic mass is 9.66. The Kier molecular flexibility index (Phi) is 3.04. The third-order valence-electron chi connectivity index (χ3n) is 6.15. The van der Waals surface area contributed by atoms with E-state index in [9.17, 15) is 9.59 Å². The van der Waals surface area contributed by atoms with Crippen LogP contribution in [0.4, 0.5) is 5.69 Å². The molecule has 5 heteroatoms. The van der Waals surface area contributed by atoms with Crippen LogP contribution in [0.15, 0.2) is 78.9 Å². The van der Waals surface area contributed by atoms with E-state index in [0.29, 0.717) is 17.0 Å². The molecule has 2 amide bonds. The van der Waals surface area contributed by atoms with Gasteiger partial charge in [-0.2, -0.15) is 0 Å². The molecule has 0 unspecified atom stereocenters. The summed E-state index contributed by atoms with van der Waals surface area (Å²) in [5.41, 5.74) is 1.76. The Labute approximate surface area is 167 Å². The maximum Gasteiger partial charge on any atom is 0.271 e. The molecule has 0 saturated carbocycles. The van der Waals surface area contributed by atoms with E-state index in [-0.39, 0.29) is 11.8 Å². The molecule has 1 fully saturated rings. The van der Waals surface area contributed by atoms with Crippen LogP contribution in [0.3, 0.4) is 0 Å². The van der Waals surface area contributed by atoms with Crippen molar-refractivity contribution in [1.29, 1.82) is 0 Å². The van der Waals surface area contributed by atoms with Crippen LogP contribution >= 0.6 is 0 Å². The van der Waals surface area contributed by atoms with Crippen LogP contribution in [0, 0.1) is 0 Å². The van der Waals surface area contributed by atoms with Crippen LogP contribution in [-0.4, -0.2) is 11.8 Å². The molecule has 29 heavy (non-hydrogen) atoms. The Bertz CT molecular complexity index is 1190. The Morgan fingerprint density at radius 1 is 0.931 bits per heavy atom. The molecule has 5 nitrogen and oxygen atoms in total. The molecule has 3 atom stereocenters. The average Bonchev–Trinajstić information content (AvgIpc) is 3.14. The number of para-hydroxylation sites is 2. The highest BCUT2D eigenvalue weighted by molar-refractivity contribution is 6.22. The van der Waals surface area contributed by atoms with E-state index < -0.39 is 17.3 Å². The SMILES string of the molecule is CC(=O)N1C(=O)[C@@]2(O[C@@]3(c4ccccc4)Oc4ccccc4[C@H]32)c2ccccc21. The van der Waals surface area contributed by atoms with Crippen LogP contribution in [-0.2, 0) is 25.7 Å². The summed E-state index contributed by atoms with van der Waals surface area (Å²) in [5.74, 6) is -1.48. The number of imide groups is 1. The number of hydrogen-bond donors (Lipinski definition) is 0. The van der Waals surface area contributed by atoms with Crippen molar-refractivity contribution in [2.75, 3.05) is 4.90 Å². The number of amides is 2.